The third kappa shape index (κ3) is 4.84. The van der Waals surface area contributed by atoms with Gasteiger partial charge in [0.2, 0.25) is 0 Å². The molecule has 1 saturated heterocycles. The minimum atomic E-state index is 0.777. The zero-order chi connectivity index (χ0) is 9.52. The van der Waals surface area contributed by atoms with E-state index in [0.29, 0.717) is 0 Å². The van der Waals surface area contributed by atoms with Gasteiger partial charge in [0.25, 0.3) is 0 Å². The largest absolute Gasteiger partial charge is 0.317 e. The van der Waals surface area contributed by atoms with Crippen LogP contribution in [0.5, 0.6) is 0 Å². The molecule has 1 atom stereocenters. The Morgan fingerprint density at radius 1 is 1.46 bits per heavy atom. The average molecular weight is 205 g/mol. The van der Waals surface area contributed by atoms with E-state index >= 15 is 0 Å². The first-order valence-corrected chi connectivity index (χ1v) is 5.81. The van der Waals surface area contributed by atoms with Crippen LogP contribution in [0.3, 0.4) is 0 Å². The number of halogens is 1. The number of alkyl halides is 1. The SMILES string of the molecule is CN1CCC(CCNCCCCl)C1. The van der Waals surface area contributed by atoms with Crippen LogP contribution in [0, 0.1) is 5.92 Å². The smallest absolute Gasteiger partial charge is 0.0235 e. The van der Waals surface area contributed by atoms with Crippen molar-refractivity contribution in [2.24, 2.45) is 5.92 Å². The van der Waals surface area contributed by atoms with Crippen LogP contribution in [-0.2, 0) is 0 Å². The van der Waals surface area contributed by atoms with Crippen molar-refractivity contribution in [2.75, 3.05) is 39.1 Å². The molecule has 0 aliphatic carbocycles. The second-order valence-electron chi connectivity index (χ2n) is 4.00. The highest BCUT2D eigenvalue weighted by molar-refractivity contribution is 6.17. The van der Waals surface area contributed by atoms with E-state index in [0.717, 1.165) is 31.3 Å². The van der Waals surface area contributed by atoms with Gasteiger partial charge in [-0.15, -0.1) is 11.6 Å². The van der Waals surface area contributed by atoms with Gasteiger partial charge in [0.1, 0.15) is 0 Å². The van der Waals surface area contributed by atoms with Gasteiger partial charge in [0.15, 0.2) is 0 Å². The van der Waals surface area contributed by atoms with Crippen LogP contribution in [0.1, 0.15) is 19.3 Å². The lowest BCUT2D eigenvalue weighted by Crippen LogP contribution is -2.21. The number of rotatable bonds is 6. The molecular weight excluding hydrogens is 184 g/mol. The molecule has 1 unspecified atom stereocenters. The topological polar surface area (TPSA) is 15.3 Å². The van der Waals surface area contributed by atoms with Gasteiger partial charge in [-0.3, -0.25) is 0 Å². The van der Waals surface area contributed by atoms with Crippen molar-refractivity contribution >= 4 is 11.6 Å². The molecule has 0 bridgehead atoms. The average Bonchev–Trinajstić information content (AvgIpc) is 2.51. The van der Waals surface area contributed by atoms with Crippen molar-refractivity contribution in [2.45, 2.75) is 19.3 Å². The fourth-order valence-electron chi connectivity index (χ4n) is 1.88. The highest BCUT2D eigenvalue weighted by Gasteiger charge is 2.18. The van der Waals surface area contributed by atoms with Crippen LogP contribution in [-0.4, -0.2) is 44.0 Å². The summed E-state index contributed by atoms with van der Waals surface area (Å²) in [6.45, 7) is 4.81. The van der Waals surface area contributed by atoms with Crippen molar-refractivity contribution in [1.82, 2.24) is 10.2 Å². The first-order chi connectivity index (χ1) is 6.33. The fraction of sp³-hybridized carbons (Fsp3) is 1.00. The van der Waals surface area contributed by atoms with Crippen LogP contribution < -0.4 is 5.32 Å². The van der Waals surface area contributed by atoms with E-state index in [9.17, 15) is 0 Å². The van der Waals surface area contributed by atoms with Crippen molar-refractivity contribution in [3.63, 3.8) is 0 Å². The lowest BCUT2D eigenvalue weighted by molar-refractivity contribution is 0.385. The summed E-state index contributed by atoms with van der Waals surface area (Å²) in [4.78, 5) is 2.42. The number of hydrogen-bond donors (Lipinski definition) is 1. The molecule has 0 aromatic carbocycles. The minimum Gasteiger partial charge on any atom is -0.317 e. The number of likely N-dealkylation sites (tertiary alicyclic amines) is 1. The molecule has 0 spiro atoms. The van der Waals surface area contributed by atoms with E-state index in [-0.39, 0.29) is 0 Å². The molecular formula is C10H21ClN2. The molecule has 1 aliphatic heterocycles. The quantitative estimate of drug-likeness (QED) is 0.522. The van der Waals surface area contributed by atoms with Gasteiger partial charge in [-0.05, 0) is 51.9 Å². The molecule has 0 radical (unpaired) electrons. The van der Waals surface area contributed by atoms with Gasteiger partial charge in [0, 0.05) is 12.4 Å². The third-order valence-corrected chi connectivity index (χ3v) is 2.97. The van der Waals surface area contributed by atoms with Crippen molar-refractivity contribution in [3.05, 3.63) is 0 Å². The highest BCUT2D eigenvalue weighted by Crippen LogP contribution is 2.16. The molecule has 3 heteroatoms. The van der Waals surface area contributed by atoms with E-state index in [2.05, 4.69) is 17.3 Å². The molecule has 0 saturated carbocycles. The maximum atomic E-state index is 5.58. The molecule has 1 rings (SSSR count). The van der Waals surface area contributed by atoms with Crippen LogP contribution >= 0.6 is 11.6 Å². The normalized spacial score (nSPS) is 24.0. The molecule has 1 heterocycles. The van der Waals surface area contributed by atoms with E-state index < -0.39 is 0 Å². The Labute approximate surface area is 86.6 Å². The van der Waals surface area contributed by atoms with E-state index in [4.69, 9.17) is 11.6 Å². The zero-order valence-electron chi connectivity index (χ0n) is 8.56. The van der Waals surface area contributed by atoms with E-state index in [1.165, 1.54) is 25.9 Å². The summed E-state index contributed by atoms with van der Waals surface area (Å²) in [5.41, 5.74) is 0. The van der Waals surface area contributed by atoms with Crippen molar-refractivity contribution in [3.8, 4) is 0 Å². The molecule has 1 N–H and O–H groups in total. The molecule has 0 aromatic rings. The first-order valence-electron chi connectivity index (χ1n) is 5.28. The highest BCUT2D eigenvalue weighted by atomic mass is 35.5. The lowest BCUT2D eigenvalue weighted by atomic mass is 10.1. The van der Waals surface area contributed by atoms with Crippen LogP contribution in [0.2, 0.25) is 0 Å². The van der Waals surface area contributed by atoms with Crippen molar-refractivity contribution in [1.29, 1.82) is 0 Å². The molecule has 13 heavy (non-hydrogen) atoms. The van der Waals surface area contributed by atoms with E-state index in [1.807, 2.05) is 0 Å². The zero-order valence-corrected chi connectivity index (χ0v) is 9.32. The summed E-state index contributed by atoms with van der Waals surface area (Å²) in [5.74, 6) is 1.70. The maximum absolute atomic E-state index is 5.58. The van der Waals surface area contributed by atoms with Gasteiger partial charge in [-0.1, -0.05) is 0 Å². The molecule has 2 nitrogen and oxygen atoms in total. The Morgan fingerprint density at radius 2 is 2.31 bits per heavy atom. The molecule has 0 aromatic heterocycles. The summed E-state index contributed by atoms with van der Waals surface area (Å²) < 4.78 is 0. The minimum absolute atomic E-state index is 0.777. The third-order valence-electron chi connectivity index (χ3n) is 2.71. The summed E-state index contributed by atoms with van der Waals surface area (Å²) in [7, 11) is 2.21. The van der Waals surface area contributed by atoms with Gasteiger partial charge >= 0.3 is 0 Å². The van der Waals surface area contributed by atoms with Crippen LogP contribution in [0.15, 0.2) is 0 Å². The maximum Gasteiger partial charge on any atom is 0.0235 e. The van der Waals surface area contributed by atoms with Crippen molar-refractivity contribution < 1.29 is 0 Å². The molecule has 0 amide bonds. The summed E-state index contributed by atoms with van der Waals surface area (Å²) in [6, 6.07) is 0. The number of nitrogens with zero attached hydrogens (tertiary/aromatic N) is 1. The van der Waals surface area contributed by atoms with Gasteiger partial charge < -0.3 is 10.2 Å². The molecule has 1 fully saturated rings. The summed E-state index contributed by atoms with van der Waals surface area (Å²) in [5, 5.41) is 3.43. The Bertz CT molecular complexity index is 130. The molecule has 78 valence electrons. The second-order valence-corrected chi connectivity index (χ2v) is 4.38. The first kappa shape index (κ1) is 11.3. The Hall–Kier alpha value is 0.210. The monoisotopic (exact) mass is 204 g/mol. The van der Waals surface area contributed by atoms with Crippen LogP contribution in [0.25, 0.3) is 0 Å². The van der Waals surface area contributed by atoms with Gasteiger partial charge in [-0.25, -0.2) is 0 Å². The Kier molecular flexibility index (Phi) is 5.76. The number of nitrogens with one attached hydrogen (secondary N) is 1. The Morgan fingerprint density at radius 3 is 2.92 bits per heavy atom. The summed E-state index contributed by atoms with van der Waals surface area (Å²) >= 11 is 5.58. The van der Waals surface area contributed by atoms with Gasteiger partial charge in [0.05, 0.1) is 0 Å². The second kappa shape index (κ2) is 6.63. The summed E-state index contributed by atoms with van der Waals surface area (Å²) in [6.07, 6.45) is 3.80. The van der Waals surface area contributed by atoms with Crippen LogP contribution in [0.4, 0.5) is 0 Å². The predicted octanol–water partition coefficient (Wildman–Crippen LogP) is 1.55. The van der Waals surface area contributed by atoms with Gasteiger partial charge in [-0.2, -0.15) is 0 Å². The Balaban J connectivity index is 1.88. The van der Waals surface area contributed by atoms with E-state index in [1.54, 1.807) is 0 Å². The molecule has 1 aliphatic rings. The number of hydrogen-bond acceptors (Lipinski definition) is 2. The lowest BCUT2D eigenvalue weighted by Gasteiger charge is -2.10. The predicted molar refractivity (Wildman–Crippen MR) is 58.4 cm³/mol. The fourth-order valence-corrected chi connectivity index (χ4v) is 2.02. The standard InChI is InChI=1S/C10H21ClN2/c1-13-8-4-10(9-13)3-7-12-6-2-5-11/h10,12H,2-9H2,1H3.